The molecule has 1 aromatic carbocycles. The molecule has 0 saturated carbocycles. The average Bonchev–Trinajstić information content (AvgIpc) is 2.90. The first-order chi connectivity index (χ1) is 8.36. The number of benzene rings is 1. The standard InChI is InChI=1S/C13H18N4/c1-3-12(15-4-2)11-7-5-6-8-13(11)17-10-14-9-16-17/h5-10,12,15H,3-4H2,1-2H3. The van der Waals surface area contributed by atoms with Crippen LogP contribution in [0.15, 0.2) is 36.9 Å². The zero-order valence-corrected chi connectivity index (χ0v) is 10.3. The van der Waals surface area contributed by atoms with Crippen molar-refractivity contribution in [1.29, 1.82) is 0 Å². The Morgan fingerprint density at radius 3 is 2.76 bits per heavy atom. The third-order valence-electron chi connectivity index (χ3n) is 2.84. The Labute approximate surface area is 102 Å². The van der Waals surface area contributed by atoms with E-state index in [4.69, 9.17) is 0 Å². The van der Waals surface area contributed by atoms with Crippen LogP contribution in [-0.2, 0) is 0 Å². The van der Waals surface area contributed by atoms with E-state index in [0.717, 1.165) is 18.7 Å². The van der Waals surface area contributed by atoms with Crippen molar-refractivity contribution in [2.75, 3.05) is 6.54 Å². The Balaban J connectivity index is 2.39. The van der Waals surface area contributed by atoms with Gasteiger partial charge in [0.1, 0.15) is 12.7 Å². The third kappa shape index (κ3) is 2.53. The van der Waals surface area contributed by atoms with Crippen LogP contribution in [0.4, 0.5) is 0 Å². The molecule has 0 fully saturated rings. The molecular formula is C13H18N4. The van der Waals surface area contributed by atoms with Gasteiger partial charge in [0.15, 0.2) is 0 Å². The minimum Gasteiger partial charge on any atom is -0.310 e. The Hall–Kier alpha value is -1.68. The number of aromatic nitrogens is 3. The molecule has 0 aliphatic carbocycles. The van der Waals surface area contributed by atoms with Crippen molar-refractivity contribution in [1.82, 2.24) is 20.1 Å². The van der Waals surface area contributed by atoms with Gasteiger partial charge in [-0.3, -0.25) is 0 Å². The summed E-state index contributed by atoms with van der Waals surface area (Å²) in [5.41, 5.74) is 2.36. The van der Waals surface area contributed by atoms with Gasteiger partial charge in [0, 0.05) is 6.04 Å². The first kappa shape index (κ1) is 11.8. The van der Waals surface area contributed by atoms with Crippen LogP contribution < -0.4 is 5.32 Å². The maximum absolute atomic E-state index is 4.20. The summed E-state index contributed by atoms with van der Waals surface area (Å²) in [5, 5.41) is 7.69. The fourth-order valence-electron chi connectivity index (χ4n) is 2.04. The largest absolute Gasteiger partial charge is 0.310 e. The maximum Gasteiger partial charge on any atom is 0.138 e. The Morgan fingerprint density at radius 1 is 1.29 bits per heavy atom. The Morgan fingerprint density at radius 2 is 2.12 bits per heavy atom. The summed E-state index contributed by atoms with van der Waals surface area (Å²) in [6, 6.07) is 8.67. The second-order valence-electron chi connectivity index (χ2n) is 3.92. The van der Waals surface area contributed by atoms with Crippen molar-refractivity contribution in [2.24, 2.45) is 0 Å². The zero-order valence-electron chi connectivity index (χ0n) is 10.3. The quantitative estimate of drug-likeness (QED) is 0.857. The summed E-state index contributed by atoms with van der Waals surface area (Å²) in [7, 11) is 0. The normalized spacial score (nSPS) is 12.6. The van der Waals surface area contributed by atoms with Crippen LogP contribution in [0.25, 0.3) is 5.69 Å². The lowest BCUT2D eigenvalue weighted by Gasteiger charge is -2.19. The van der Waals surface area contributed by atoms with E-state index in [1.54, 1.807) is 12.7 Å². The summed E-state index contributed by atoms with van der Waals surface area (Å²) >= 11 is 0. The molecule has 4 heteroatoms. The summed E-state index contributed by atoms with van der Waals surface area (Å²) in [4.78, 5) is 4.00. The van der Waals surface area contributed by atoms with Gasteiger partial charge >= 0.3 is 0 Å². The number of hydrogen-bond acceptors (Lipinski definition) is 3. The van der Waals surface area contributed by atoms with Crippen LogP contribution in [0, 0.1) is 0 Å². The second kappa shape index (κ2) is 5.59. The van der Waals surface area contributed by atoms with Crippen molar-refractivity contribution in [3.05, 3.63) is 42.5 Å². The summed E-state index contributed by atoms with van der Waals surface area (Å²) < 4.78 is 1.81. The molecule has 1 atom stereocenters. The molecule has 2 aromatic rings. The molecule has 0 bridgehead atoms. The number of nitrogens with zero attached hydrogens (tertiary/aromatic N) is 3. The van der Waals surface area contributed by atoms with Gasteiger partial charge in [-0.1, -0.05) is 32.0 Å². The lowest BCUT2D eigenvalue weighted by molar-refractivity contribution is 0.534. The van der Waals surface area contributed by atoms with Crippen molar-refractivity contribution in [2.45, 2.75) is 26.3 Å². The highest BCUT2D eigenvalue weighted by molar-refractivity contribution is 5.41. The fourth-order valence-corrected chi connectivity index (χ4v) is 2.04. The highest BCUT2D eigenvalue weighted by atomic mass is 15.3. The van der Waals surface area contributed by atoms with Gasteiger partial charge in [0.05, 0.1) is 5.69 Å². The van der Waals surface area contributed by atoms with Crippen molar-refractivity contribution < 1.29 is 0 Å². The molecule has 0 aliphatic rings. The lowest BCUT2D eigenvalue weighted by Crippen LogP contribution is -2.21. The highest BCUT2D eigenvalue weighted by Crippen LogP contribution is 2.23. The SMILES string of the molecule is CCNC(CC)c1ccccc1-n1cncn1. The van der Waals surface area contributed by atoms with E-state index < -0.39 is 0 Å². The lowest BCUT2D eigenvalue weighted by atomic mass is 10.0. The van der Waals surface area contributed by atoms with Crippen LogP contribution in [-0.4, -0.2) is 21.3 Å². The summed E-state index contributed by atoms with van der Waals surface area (Å²) in [6.07, 6.45) is 4.35. The summed E-state index contributed by atoms with van der Waals surface area (Å²) in [6.45, 7) is 5.27. The maximum atomic E-state index is 4.20. The first-order valence-electron chi connectivity index (χ1n) is 6.04. The zero-order chi connectivity index (χ0) is 12.1. The van der Waals surface area contributed by atoms with Gasteiger partial charge in [-0.15, -0.1) is 0 Å². The minimum atomic E-state index is 0.361. The van der Waals surface area contributed by atoms with Gasteiger partial charge in [-0.2, -0.15) is 5.10 Å². The molecule has 1 aromatic heterocycles. The molecule has 0 spiro atoms. The van der Waals surface area contributed by atoms with Crippen LogP contribution >= 0.6 is 0 Å². The summed E-state index contributed by atoms with van der Waals surface area (Å²) in [5.74, 6) is 0. The molecule has 0 saturated heterocycles. The average molecular weight is 230 g/mol. The number of rotatable bonds is 5. The molecule has 1 N–H and O–H groups in total. The molecule has 2 rings (SSSR count). The van der Waals surface area contributed by atoms with Crippen molar-refractivity contribution >= 4 is 0 Å². The monoisotopic (exact) mass is 230 g/mol. The van der Waals surface area contributed by atoms with Gasteiger partial charge in [0.25, 0.3) is 0 Å². The predicted molar refractivity (Wildman–Crippen MR) is 68.1 cm³/mol. The van der Waals surface area contributed by atoms with Gasteiger partial charge in [-0.25, -0.2) is 9.67 Å². The number of para-hydroxylation sites is 1. The molecule has 0 aliphatic heterocycles. The topological polar surface area (TPSA) is 42.7 Å². The van der Waals surface area contributed by atoms with E-state index >= 15 is 0 Å². The molecule has 0 amide bonds. The van der Waals surface area contributed by atoms with Gasteiger partial charge < -0.3 is 5.32 Å². The van der Waals surface area contributed by atoms with Crippen LogP contribution in [0.2, 0.25) is 0 Å². The van der Waals surface area contributed by atoms with E-state index in [0.29, 0.717) is 6.04 Å². The highest BCUT2D eigenvalue weighted by Gasteiger charge is 2.13. The molecular weight excluding hydrogens is 212 g/mol. The molecule has 90 valence electrons. The molecule has 17 heavy (non-hydrogen) atoms. The Bertz CT molecular complexity index is 450. The number of hydrogen-bond donors (Lipinski definition) is 1. The van der Waals surface area contributed by atoms with Crippen molar-refractivity contribution in [3.8, 4) is 5.69 Å². The predicted octanol–water partition coefficient (Wildman–Crippen LogP) is 2.33. The van der Waals surface area contributed by atoms with E-state index in [-0.39, 0.29) is 0 Å². The van der Waals surface area contributed by atoms with E-state index in [2.05, 4.69) is 47.4 Å². The fraction of sp³-hybridized carbons (Fsp3) is 0.385. The van der Waals surface area contributed by atoms with E-state index in [1.165, 1.54) is 5.56 Å². The van der Waals surface area contributed by atoms with Crippen LogP contribution in [0.3, 0.4) is 0 Å². The minimum absolute atomic E-state index is 0.361. The van der Waals surface area contributed by atoms with Crippen molar-refractivity contribution in [3.63, 3.8) is 0 Å². The number of nitrogens with one attached hydrogen (secondary N) is 1. The Kier molecular flexibility index (Phi) is 3.88. The molecule has 1 heterocycles. The van der Waals surface area contributed by atoms with Crippen LogP contribution in [0.5, 0.6) is 0 Å². The van der Waals surface area contributed by atoms with E-state index in [1.807, 2.05) is 10.7 Å². The smallest absolute Gasteiger partial charge is 0.138 e. The molecule has 1 unspecified atom stereocenters. The second-order valence-corrected chi connectivity index (χ2v) is 3.92. The van der Waals surface area contributed by atoms with Crippen LogP contribution in [0.1, 0.15) is 31.9 Å². The van der Waals surface area contributed by atoms with Gasteiger partial charge in [-0.05, 0) is 24.6 Å². The van der Waals surface area contributed by atoms with Gasteiger partial charge in [0.2, 0.25) is 0 Å². The molecule has 0 radical (unpaired) electrons. The molecule has 4 nitrogen and oxygen atoms in total. The van der Waals surface area contributed by atoms with E-state index in [9.17, 15) is 0 Å². The first-order valence-corrected chi connectivity index (χ1v) is 6.04. The third-order valence-corrected chi connectivity index (χ3v) is 2.84.